The van der Waals surface area contributed by atoms with Gasteiger partial charge in [0, 0.05) is 5.38 Å². The zero-order chi connectivity index (χ0) is 14.9. The second-order valence-electron chi connectivity index (χ2n) is 4.26. The highest BCUT2D eigenvalue weighted by molar-refractivity contribution is 7.93. The number of thiophene rings is 1. The van der Waals surface area contributed by atoms with E-state index in [1.807, 2.05) is 13.8 Å². The fraction of sp³-hybridized carbons (Fsp3) is 0.273. The van der Waals surface area contributed by atoms with E-state index in [0.29, 0.717) is 0 Å². The van der Waals surface area contributed by atoms with Gasteiger partial charge in [-0.3, -0.25) is 4.72 Å². The molecule has 0 spiro atoms. The largest absolute Gasteiger partial charge is 0.477 e. The van der Waals surface area contributed by atoms with E-state index >= 15 is 0 Å². The van der Waals surface area contributed by atoms with E-state index in [1.54, 1.807) is 5.38 Å². The molecule has 2 rings (SSSR count). The number of sulfonamides is 1. The summed E-state index contributed by atoms with van der Waals surface area (Å²) in [6.45, 7) is 3.91. The van der Waals surface area contributed by atoms with Crippen molar-refractivity contribution < 1.29 is 18.3 Å². The lowest BCUT2D eigenvalue weighted by Crippen LogP contribution is -2.15. The highest BCUT2D eigenvalue weighted by Crippen LogP contribution is 2.27. The molecule has 0 saturated carbocycles. The monoisotopic (exact) mass is 332 g/mol. The van der Waals surface area contributed by atoms with Crippen molar-refractivity contribution in [2.45, 2.75) is 24.7 Å². The first-order valence-electron chi connectivity index (χ1n) is 5.60. The topological polar surface area (TPSA) is 96.4 Å². The van der Waals surface area contributed by atoms with Crippen LogP contribution in [-0.2, 0) is 10.0 Å². The van der Waals surface area contributed by atoms with Gasteiger partial charge >= 0.3 is 5.97 Å². The number of hydrogen-bond acceptors (Lipinski definition) is 6. The molecule has 0 amide bonds. The van der Waals surface area contributed by atoms with Gasteiger partial charge in [0.05, 0.1) is 5.69 Å². The average molecular weight is 332 g/mol. The maximum absolute atomic E-state index is 12.2. The van der Waals surface area contributed by atoms with Gasteiger partial charge in [0.25, 0.3) is 10.0 Å². The van der Waals surface area contributed by atoms with Crippen molar-refractivity contribution in [3.63, 3.8) is 0 Å². The summed E-state index contributed by atoms with van der Waals surface area (Å²) in [5, 5.41) is 12.4. The third-order valence-electron chi connectivity index (χ3n) is 2.45. The number of thiazole rings is 1. The fourth-order valence-corrected chi connectivity index (χ4v) is 4.82. The third-order valence-corrected chi connectivity index (χ3v) is 5.77. The standard InChI is InChI=1S/C11H12N2O4S3/c1-6(2)7-5-19-11(12-7)13-20(16,17)8-3-4-18-9(8)10(14)15/h3-6H,1-2H3,(H,12,13)(H,14,15). The van der Waals surface area contributed by atoms with Gasteiger partial charge in [0.1, 0.15) is 9.77 Å². The Labute approximate surface area is 124 Å². The number of aromatic carboxylic acids is 1. The maximum Gasteiger partial charge on any atom is 0.347 e. The van der Waals surface area contributed by atoms with Gasteiger partial charge < -0.3 is 5.11 Å². The third kappa shape index (κ3) is 3.00. The summed E-state index contributed by atoms with van der Waals surface area (Å²) in [6.07, 6.45) is 0. The highest BCUT2D eigenvalue weighted by Gasteiger charge is 2.24. The van der Waals surface area contributed by atoms with Crippen molar-refractivity contribution in [1.29, 1.82) is 0 Å². The fourth-order valence-electron chi connectivity index (χ4n) is 1.43. The zero-order valence-corrected chi connectivity index (χ0v) is 13.1. The molecule has 0 fully saturated rings. The van der Waals surface area contributed by atoms with Gasteiger partial charge in [0.15, 0.2) is 5.13 Å². The lowest BCUT2D eigenvalue weighted by Gasteiger charge is -2.04. The number of anilines is 1. The van der Waals surface area contributed by atoms with Gasteiger partial charge in [-0.2, -0.15) is 0 Å². The summed E-state index contributed by atoms with van der Waals surface area (Å²) in [7, 11) is -3.93. The molecular formula is C11H12N2O4S3. The van der Waals surface area contributed by atoms with Crippen molar-refractivity contribution in [3.05, 3.63) is 27.4 Å². The van der Waals surface area contributed by atoms with E-state index < -0.39 is 16.0 Å². The lowest BCUT2D eigenvalue weighted by atomic mass is 10.2. The number of carboxylic acids is 1. The quantitative estimate of drug-likeness (QED) is 0.877. The highest BCUT2D eigenvalue weighted by atomic mass is 32.2. The van der Waals surface area contributed by atoms with Crippen LogP contribution in [-0.4, -0.2) is 24.5 Å². The number of carbonyl (C=O) groups is 1. The zero-order valence-electron chi connectivity index (χ0n) is 10.7. The van der Waals surface area contributed by atoms with Crippen molar-refractivity contribution in [2.24, 2.45) is 0 Å². The Balaban J connectivity index is 2.31. The van der Waals surface area contributed by atoms with Gasteiger partial charge in [-0.1, -0.05) is 13.8 Å². The molecule has 0 unspecified atom stereocenters. The van der Waals surface area contributed by atoms with Gasteiger partial charge in [0.2, 0.25) is 0 Å². The Bertz CT molecular complexity index is 730. The molecule has 2 N–H and O–H groups in total. The van der Waals surface area contributed by atoms with Crippen molar-refractivity contribution in [2.75, 3.05) is 4.72 Å². The number of hydrogen-bond donors (Lipinski definition) is 2. The molecule has 0 aliphatic carbocycles. The summed E-state index contributed by atoms with van der Waals surface area (Å²) >= 11 is 2.04. The van der Waals surface area contributed by atoms with Crippen LogP contribution in [0, 0.1) is 0 Å². The number of aromatic nitrogens is 1. The molecule has 0 saturated heterocycles. The molecule has 0 atom stereocenters. The minimum absolute atomic E-state index is 0.195. The Morgan fingerprint density at radius 1 is 1.40 bits per heavy atom. The predicted octanol–water partition coefficient (Wildman–Crippen LogP) is 2.83. The van der Waals surface area contributed by atoms with E-state index in [0.717, 1.165) is 17.0 Å². The van der Waals surface area contributed by atoms with Crippen LogP contribution in [0.2, 0.25) is 0 Å². The van der Waals surface area contributed by atoms with E-state index in [4.69, 9.17) is 5.11 Å². The van der Waals surface area contributed by atoms with Crippen LogP contribution >= 0.6 is 22.7 Å². The molecule has 20 heavy (non-hydrogen) atoms. The van der Waals surface area contributed by atoms with Crippen molar-refractivity contribution in [3.8, 4) is 0 Å². The molecule has 6 nitrogen and oxygen atoms in total. The van der Waals surface area contributed by atoms with E-state index in [-0.39, 0.29) is 20.8 Å². The smallest absolute Gasteiger partial charge is 0.347 e. The number of nitrogens with zero attached hydrogens (tertiary/aromatic N) is 1. The number of rotatable bonds is 5. The average Bonchev–Trinajstić information content (AvgIpc) is 2.95. The van der Waals surface area contributed by atoms with E-state index in [1.165, 1.54) is 22.8 Å². The minimum Gasteiger partial charge on any atom is -0.477 e. The second kappa shape index (κ2) is 5.51. The Morgan fingerprint density at radius 3 is 2.65 bits per heavy atom. The second-order valence-corrected chi connectivity index (χ2v) is 7.68. The van der Waals surface area contributed by atoms with Crippen LogP contribution in [0.1, 0.15) is 35.1 Å². The van der Waals surface area contributed by atoms with Crippen LogP contribution in [0.4, 0.5) is 5.13 Å². The van der Waals surface area contributed by atoms with Crippen LogP contribution in [0.5, 0.6) is 0 Å². The number of nitrogens with one attached hydrogen (secondary N) is 1. The normalized spacial score (nSPS) is 11.8. The summed E-state index contributed by atoms with van der Waals surface area (Å²) in [5.41, 5.74) is 0.788. The molecule has 0 aliphatic rings. The summed E-state index contributed by atoms with van der Waals surface area (Å²) in [5.74, 6) is -1.07. The molecule has 2 heterocycles. The molecule has 108 valence electrons. The molecule has 9 heteroatoms. The molecule has 0 aromatic carbocycles. The number of carboxylic acid groups (broad SMARTS) is 1. The molecule has 0 bridgehead atoms. The summed E-state index contributed by atoms with van der Waals surface area (Å²) in [4.78, 5) is 14.7. The van der Waals surface area contributed by atoms with Crippen molar-refractivity contribution in [1.82, 2.24) is 4.98 Å². The first kappa shape index (κ1) is 14.9. The lowest BCUT2D eigenvalue weighted by molar-refractivity contribution is 0.0698. The summed E-state index contributed by atoms with van der Waals surface area (Å²) < 4.78 is 26.6. The molecule has 0 aliphatic heterocycles. The van der Waals surface area contributed by atoms with Crippen LogP contribution < -0.4 is 4.72 Å². The summed E-state index contributed by atoms with van der Waals surface area (Å²) in [6, 6.07) is 1.27. The maximum atomic E-state index is 12.2. The van der Waals surface area contributed by atoms with Gasteiger partial charge in [-0.25, -0.2) is 18.2 Å². The molecule has 2 aromatic heterocycles. The van der Waals surface area contributed by atoms with Crippen LogP contribution in [0.15, 0.2) is 21.7 Å². The van der Waals surface area contributed by atoms with Crippen LogP contribution in [0.25, 0.3) is 0 Å². The Kier molecular flexibility index (Phi) is 4.11. The van der Waals surface area contributed by atoms with E-state index in [2.05, 4.69) is 9.71 Å². The Morgan fingerprint density at radius 2 is 2.10 bits per heavy atom. The van der Waals surface area contributed by atoms with Gasteiger partial charge in [-0.05, 0) is 17.4 Å². The predicted molar refractivity (Wildman–Crippen MR) is 78.3 cm³/mol. The molecule has 2 aromatic rings. The first-order valence-corrected chi connectivity index (χ1v) is 8.84. The van der Waals surface area contributed by atoms with Crippen molar-refractivity contribution >= 4 is 43.8 Å². The molecule has 0 radical (unpaired) electrons. The van der Waals surface area contributed by atoms with Gasteiger partial charge in [-0.15, -0.1) is 22.7 Å². The Hall–Kier alpha value is -1.45. The SMILES string of the molecule is CC(C)c1csc(NS(=O)(=O)c2ccsc2C(=O)O)n1. The van der Waals surface area contributed by atoms with E-state index in [9.17, 15) is 13.2 Å². The first-order chi connectivity index (χ1) is 9.31. The van der Waals surface area contributed by atoms with Crippen LogP contribution in [0.3, 0.4) is 0 Å². The molecular weight excluding hydrogens is 320 g/mol. The minimum atomic E-state index is -3.93.